The molecule has 2 aromatic heterocycles. The van der Waals surface area contributed by atoms with Crippen LogP contribution in [0.5, 0.6) is 5.75 Å². The van der Waals surface area contributed by atoms with E-state index in [1.807, 2.05) is 48.8 Å². The molecule has 0 bridgehead atoms. The van der Waals surface area contributed by atoms with E-state index in [0.29, 0.717) is 34.2 Å². The van der Waals surface area contributed by atoms with E-state index in [9.17, 15) is 4.79 Å². The molecule has 2 aromatic carbocycles. The molecule has 0 aliphatic heterocycles. The van der Waals surface area contributed by atoms with E-state index in [0.717, 1.165) is 22.4 Å². The minimum absolute atomic E-state index is 0.146. The van der Waals surface area contributed by atoms with E-state index < -0.39 is 0 Å². The van der Waals surface area contributed by atoms with Gasteiger partial charge in [0, 0.05) is 33.6 Å². The molecule has 154 valence electrons. The molecular formula is C23H22ClN3O2S. The van der Waals surface area contributed by atoms with Gasteiger partial charge >= 0.3 is 0 Å². The van der Waals surface area contributed by atoms with Crippen LogP contribution in [0.2, 0.25) is 5.02 Å². The zero-order valence-electron chi connectivity index (χ0n) is 17.0. The number of aryl methyl sites for hydroxylation is 1. The summed E-state index contributed by atoms with van der Waals surface area (Å²) >= 11 is 7.79. The molecule has 7 heteroatoms. The molecule has 0 fully saturated rings. The van der Waals surface area contributed by atoms with Crippen LogP contribution in [-0.4, -0.2) is 29.0 Å². The highest BCUT2D eigenvalue weighted by Gasteiger charge is 2.16. The minimum atomic E-state index is -0.146. The van der Waals surface area contributed by atoms with Crippen LogP contribution in [0.3, 0.4) is 0 Å². The lowest BCUT2D eigenvalue weighted by Crippen LogP contribution is -2.22. The van der Waals surface area contributed by atoms with Crippen LogP contribution in [0.1, 0.15) is 17.0 Å². The Balaban J connectivity index is 1.61. The minimum Gasteiger partial charge on any atom is -0.496 e. The number of hydrogen-bond donors (Lipinski definition) is 1. The third kappa shape index (κ3) is 4.12. The van der Waals surface area contributed by atoms with Crippen molar-refractivity contribution in [3.63, 3.8) is 0 Å². The molecular weight excluding hydrogens is 418 g/mol. The van der Waals surface area contributed by atoms with Gasteiger partial charge in [0.1, 0.15) is 16.4 Å². The summed E-state index contributed by atoms with van der Waals surface area (Å²) < 4.78 is 5.47. The van der Waals surface area contributed by atoms with Crippen molar-refractivity contribution in [2.75, 3.05) is 14.2 Å². The van der Waals surface area contributed by atoms with Gasteiger partial charge in [0.15, 0.2) is 0 Å². The fraction of sp³-hybridized carbons (Fsp3) is 0.217. The number of H-pyrrole nitrogens is 1. The predicted molar refractivity (Wildman–Crippen MR) is 124 cm³/mol. The van der Waals surface area contributed by atoms with Gasteiger partial charge < -0.3 is 9.72 Å². The second-order valence-electron chi connectivity index (χ2n) is 7.31. The molecule has 5 nitrogen and oxygen atoms in total. The van der Waals surface area contributed by atoms with Gasteiger partial charge in [-0.05, 0) is 26.1 Å². The number of ether oxygens (including phenoxy) is 1. The van der Waals surface area contributed by atoms with Gasteiger partial charge in [0.2, 0.25) is 0 Å². The number of methoxy groups -OCH3 is 1. The Morgan fingerprint density at radius 1 is 1.17 bits per heavy atom. The molecule has 2 heterocycles. The molecule has 0 saturated heterocycles. The van der Waals surface area contributed by atoms with Crippen molar-refractivity contribution in [3.8, 4) is 16.9 Å². The number of nitrogens with zero attached hydrogens (tertiary/aromatic N) is 2. The lowest BCUT2D eigenvalue weighted by atomic mass is 10.1. The maximum Gasteiger partial charge on any atom is 0.260 e. The standard InChI is InChI=1S/C23H22ClN3O2S/c1-14-8-9-19(29-3)15(10-14)11-27(2)12-20-25-22(28)21-17(13-30-23(21)26-20)16-6-4-5-7-18(16)24/h4-10,13H,11-12H2,1-3H3,(H,25,26,28). The Morgan fingerprint density at radius 2 is 1.97 bits per heavy atom. The number of rotatable bonds is 6. The van der Waals surface area contributed by atoms with Gasteiger partial charge in [-0.25, -0.2) is 4.98 Å². The smallest absolute Gasteiger partial charge is 0.260 e. The first-order valence-corrected chi connectivity index (χ1v) is 10.8. The average Bonchev–Trinajstić information content (AvgIpc) is 3.12. The van der Waals surface area contributed by atoms with E-state index in [4.69, 9.17) is 21.3 Å². The highest BCUT2D eigenvalue weighted by atomic mass is 35.5. The van der Waals surface area contributed by atoms with E-state index in [1.54, 1.807) is 7.11 Å². The number of aromatic nitrogens is 2. The van der Waals surface area contributed by atoms with Crippen LogP contribution in [0.25, 0.3) is 21.3 Å². The van der Waals surface area contributed by atoms with Crippen LogP contribution in [-0.2, 0) is 13.1 Å². The number of hydrogen-bond acceptors (Lipinski definition) is 5. The zero-order valence-corrected chi connectivity index (χ0v) is 18.6. The molecule has 1 N–H and O–H groups in total. The lowest BCUT2D eigenvalue weighted by molar-refractivity contribution is 0.302. The predicted octanol–water partition coefficient (Wildman–Crippen LogP) is 5.25. The summed E-state index contributed by atoms with van der Waals surface area (Å²) in [7, 11) is 3.67. The third-order valence-corrected chi connectivity index (χ3v) is 6.15. The molecule has 0 atom stereocenters. The van der Waals surface area contributed by atoms with Gasteiger partial charge in [-0.15, -0.1) is 11.3 Å². The molecule has 0 unspecified atom stereocenters. The largest absolute Gasteiger partial charge is 0.496 e. The quantitative estimate of drug-likeness (QED) is 0.445. The lowest BCUT2D eigenvalue weighted by Gasteiger charge is -2.18. The fourth-order valence-corrected chi connectivity index (χ4v) is 4.77. The van der Waals surface area contributed by atoms with Crippen molar-refractivity contribution in [3.05, 3.63) is 80.2 Å². The van der Waals surface area contributed by atoms with Gasteiger partial charge in [-0.3, -0.25) is 9.69 Å². The molecule has 0 aliphatic carbocycles. The van der Waals surface area contributed by atoms with Crippen molar-refractivity contribution >= 4 is 33.2 Å². The molecule has 0 saturated carbocycles. The van der Waals surface area contributed by atoms with Crippen LogP contribution in [0, 0.1) is 6.92 Å². The van der Waals surface area contributed by atoms with E-state index >= 15 is 0 Å². The van der Waals surface area contributed by atoms with Crippen molar-refractivity contribution in [2.24, 2.45) is 0 Å². The summed E-state index contributed by atoms with van der Waals surface area (Å²) in [5, 5.41) is 3.14. The Bertz CT molecular complexity index is 1270. The van der Waals surface area contributed by atoms with Crippen LogP contribution >= 0.6 is 22.9 Å². The Labute approximate surface area is 183 Å². The van der Waals surface area contributed by atoms with Gasteiger partial charge in [-0.1, -0.05) is 47.5 Å². The second kappa shape index (κ2) is 8.60. The molecule has 4 rings (SSSR count). The number of fused-ring (bicyclic) bond motifs is 1. The number of halogens is 1. The molecule has 30 heavy (non-hydrogen) atoms. The van der Waals surface area contributed by atoms with Gasteiger partial charge in [0.05, 0.1) is 19.0 Å². The molecule has 4 aromatic rings. The SMILES string of the molecule is COc1ccc(C)cc1CN(C)Cc1nc2scc(-c3ccccc3Cl)c2c(=O)[nH]1. The monoisotopic (exact) mass is 439 g/mol. The Morgan fingerprint density at radius 3 is 2.73 bits per heavy atom. The van der Waals surface area contributed by atoms with Crippen molar-refractivity contribution < 1.29 is 4.74 Å². The summed E-state index contributed by atoms with van der Waals surface area (Å²) in [6.07, 6.45) is 0. The van der Waals surface area contributed by atoms with E-state index in [-0.39, 0.29) is 5.56 Å². The van der Waals surface area contributed by atoms with E-state index in [2.05, 4.69) is 22.9 Å². The first-order chi connectivity index (χ1) is 14.5. The number of benzene rings is 2. The first kappa shape index (κ1) is 20.6. The highest BCUT2D eigenvalue weighted by molar-refractivity contribution is 7.17. The normalized spacial score (nSPS) is 11.4. The zero-order chi connectivity index (χ0) is 21.3. The molecule has 0 radical (unpaired) electrons. The summed E-state index contributed by atoms with van der Waals surface area (Å²) in [5.74, 6) is 1.49. The fourth-order valence-electron chi connectivity index (χ4n) is 3.58. The topological polar surface area (TPSA) is 58.2 Å². The summed E-state index contributed by atoms with van der Waals surface area (Å²) in [5.41, 5.74) is 3.79. The molecule has 0 aliphatic rings. The van der Waals surface area contributed by atoms with Crippen molar-refractivity contribution in [1.29, 1.82) is 0 Å². The molecule has 0 spiro atoms. The van der Waals surface area contributed by atoms with Crippen molar-refractivity contribution in [2.45, 2.75) is 20.0 Å². The van der Waals surface area contributed by atoms with Crippen LogP contribution in [0.15, 0.2) is 52.6 Å². The summed E-state index contributed by atoms with van der Waals surface area (Å²) in [6.45, 7) is 3.26. The number of nitrogens with one attached hydrogen (secondary N) is 1. The van der Waals surface area contributed by atoms with E-state index in [1.165, 1.54) is 16.9 Å². The average molecular weight is 440 g/mol. The van der Waals surface area contributed by atoms with Gasteiger partial charge in [0.25, 0.3) is 5.56 Å². The number of thiophene rings is 1. The Kier molecular flexibility index (Phi) is 5.90. The summed E-state index contributed by atoms with van der Waals surface area (Å²) in [6, 6.07) is 13.7. The molecule has 0 amide bonds. The maximum absolute atomic E-state index is 12.9. The van der Waals surface area contributed by atoms with Gasteiger partial charge in [-0.2, -0.15) is 0 Å². The highest BCUT2D eigenvalue weighted by Crippen LogP contribution is 2.34. The Hall–Kier alpha value is -2.67. The first-order valence-electron chi connectivity index (χ1n) is 9.53. The second-order valence-corrected chi connectivity index (χ2v) is 8.57. The maximum atomic E-state index is 12.9. The summed E-state index contributed by atoms with van der Waals surface area (Å²) in [4.78, 5) is 23.3. The van der Waals surface area contributed by atoms with Crippen LogP contribution in [0.4, 0.5) is 0 Å². The third-order valence-electron chi connectivity index (χ3n) is 4.95. The number of aromatic amines is 1. The van der Waals surface area contributed by atoms with Crippen LogP contribution < -0.4 is 10.3 Å². The van der Waals surface area contributed by atoms with Crippen molar-refractivity contribution in [1.82, 2.24) is 14.9 Å².